The fraction of sp³-hybridized carbons (Fsp3) is 0.577. The molecule has 0 saturated heterocycles. The van der Waals surface area contributed by atoms with E-state index < -0.39 is 30.1 Å². The molecular weight excluding hydrogens is 392 g/mol. The van der Waals surface area contributed by atoms with Crippen molar-refractivity contribution in [2.75, 3.05) is 0 Å². The van der Waals surface area contributed by atoms with E-state index in [0.29, 0.717) is 24.0 Å². The number of ether oxygens (including phenoxy) is 2. The van der Waals surface area contributed by atoms with Gasteiger partial charge in [-0.2, -0.15) is 0 Å². The van der Waals surface area contributed by atoms with E-state index in [2.05, 4.69) is 13.2 Å². The van der Waals surface area contributed by atoms with E-state index in [-0.39, 0.29) is 23.5 Å². The van der Waals surface area contributed by atoms with Gasteiger partial charge in [-0.15, -0.1) is 0 Å². The summed E-state index contributed by atoms with van der Waals surface area (Å²) in [6, 6.07) is 0. The van der Waals surface area contributed by atoms with Crippen molar-refractivity contribution in [3.05, 3.63) is 47.6 Å². The Morgan fingerprint density at radius 1 is 1.19 bits per heavy atom. The van der Waals surface area contributed by atoms with Crippen LogP contribution >= 0.6 is 0 Å². The van der Waals surface area contributed by atoms with Crippen LogP contribution in [-0.4, -0.2) is 29.9 Å². The van der Waals surface area contributed by atoms with Crippen molar-refractivity contribution in [2.24, 2.45) is 23.7 Å². The van der Waals surface area contributed by atoms with Crippen molar-refractivity contribution in [3.8, 4) is 0 Å². The average molecular weight is 429 g/mol. The number of esters is 2. The third-order valence-electron chi connectivity index (χ3n) is 6.74. The maximum Gasteiger partial charge on any atom is 0.331 e. The first-order valence-electron chi connectivity index (χ1n) is 11.2. The number of fused-ring (bicyclic) bond motifs is 1. The molecule has 0 aromatic heterocycles. The molecule has 2 saturated carbocycles. The minimum absolute atomic E-state index is 0.0768. The van der Waals surface area contributed by atoms with Crippen LogP contribution in [0.2, 0.25) is 0 Å². The van der Waals surface area contributed by atoms with Crippen molar-refractivity contribution in [1.82, 2.24) is 0 Å². The fourth-order valence-electron chi connectivity index (χ4n) is 4.49. The lowest BCUT2D eigenvalue weighted by molar-refractivity contribution is -0.160. The van der Waals surface area contributed by atoms with E-state index >= 15 is 0 Å². The summed E-state index contributed by atoms with van der Waals surface area (Å²) in [6.45, 7) is 19.6. The number of allylic oxidation sites excluding steroid dienone is 3. The highest BCUT2D eigenvalue weighted by Gasteiger charge is 2.56. The second-order valence-electron chi connectivity index (χ2n) is 8.86. The third-order valence-corrected chi connectivity index (χ3v) is 6.74. The molecular formula is C26H36O5. The molecule has 0 spiro atoms. The minimum atomic E-state index is -0.943. The van der Waals surface area contributed by atoms with E-state index in [1.54, 1.807) is 13.0 Å². The van der Waals surface area contributed by atoms with Gasteiger partial charge >= 0.3 is 11.9 Å². The van der Waals surface area contributed by atoms with Crippen LogP contribution < -0.4 is 0 Å². The molecule has 0 aliphatic heterocycles. The van der Waals surface area contributed by atoms with Crippen LogP contribution in [0.5, 0.6) is 0 Å². The predicted molar refractivity (Wildman–Crippen MR) is 121 cm³/mol. The Morgan fingerprint density at radius 3 is 2.35 bits per heavy atom. The van der Waals surface area contributed by atoms with Gasteiger partial charge in [0.2, 0.25) is 0 Å². The second kappa shape index (κ2) is 10.3. The van der Waals surface area contributed by atoms with Gasteiger partial charge in [0.05, 0.1) is 5.92 Å². The SMILES string of the molecule is C=C(C)C1CC(OC(=O)/C=C(\C)CC)C(=C)C2C(OC(=O)C(C)CC)C(=O)/C(=C/C)C12. The Morgan fingerprint density at radius 2 is 1.84 bits per heavy atom. The topological polar surface area (TPSA) is 69.7 Å². The van der Waals surface area contributed by atoms with Gasteiger partial charge in [-0.1, -0.05) is 51.2 Å². The first kappa shape index (κ1) is 24.8. The van der Waals surface area contributed by atoms with Crippen molar-refractivity contribution >= 4 is 17.7 Å². The molecule has 0 heterocycles. The van der Waals surface area contributed by atoms with Gasteiger partial charge in [-0.05, 0) is 57.1 Å². The Kier molecular flexibility index (Phi) is 8.21. The van der Waals surface area contributed by atoms with Gasteiger partial charge in [0, 0.05) is 17.9 Å². The van der Waals surface area contributed by atoms with E-state index in [4.69, 9.17) is 9.47 Å². The van der Waals surface area contributed by atoms with Crippen LogP contribution in [0.25, 0.3) is 0 Å². The van der Waals surface area contributed by atoms with Gasteiger partial charge in [0.15, 0.2) is 11.9 Å². The highest BCUT2D eigenvalue weighted by Crippen LogP contribution is 2.52. The summed E-state index contributed by atoms with van der Waals surface area (Å²) in [6.07, 6.45) is 3.69. The summed E-state index contributed by atoms with van der Waals surface area (Å²) in [5, 5.41) is 0. The number of hydrogen-bond donors (Lipinski definition) is 0. The molecule has 2 fully saturated rings. The van der Waals surface area contributed by atoms with Crippen molar-refractivity contribution in [1.29, 1.82) is 0 Å². The van der Waals surface area contributed by atoms with Gasteiger partial charge in [-0.3, -0.25) is 9.59 Å². The molecule has 2 aliphatic carbocycles. The Bertz CT molecular complexity index is 831. The number of ketones is 1. The number of carbonyl (C=O) groups excluding carboxylic acids is 3. The van der Waals surface area contributed by atoms with E-state index in [1.165, 1.54) is 6.08 Å². The molecule has 0 radical (unpaired) electrons. The summed E-state index contributed by atoms with van der Waals surface area (Å²) in [5.41, 5.74) is 3.11. The number of Topliss-reactive ketones (excluding diaryl/α,β-unsaturated/α-hetero) is 1. The van der Waals surface area contributed by atoms with Crippen LogP contribution in [0.15, 0.2) is 47.6 Å². The summed E-state index contributed by atoms with van der Waals surface area (Å²) >= 11 is 0. The molecule has 6 atom stereocenters. The lowest BCUT2D eigenvalue weighted by Gasteiger charge is -2.41. The lowest BCUT2D eigenvalue weighted by Crippen LogP contribution is -2.42. The van der Waals surface area contributed by atoms with Crippen LogP contribution in [0.3, 0.4) is 0 Å². The predicted octanol–water partition coefficient (Wildman–Crippen LogP) is 5.13. The molecule has 5 nitrogen and oxygen atoms in total. The highest BCUT2D eigenvalue weighted by atomic mass is 16.6. The smallest absolute Gasteiger partial charge is 0.331 e. The molecule has 170 valence electrons. The maximum atomic E-state index is 13.2. The molecule has 2 aliphatic rings. The van der Waals surface area contributed by atoms with Crippen LogP contribution in [0, 0.1) is 23.7 Å². The van der Waals surface area contributed by atoms with Crippen LogP contribution in [0.1, 0.15) is 60.8 Å². The monoisotopic (exact) mass is 428 g/mol. The third kappa shape index (κ3) is 5.08. The first-order valence-corrected chi connectivity index (χ1v) is 11.2. The van der Waals surface area contributed by atoms with Gasteiger partial charge < -0.3 is 9.47 Å². The Balaban J connectivity index is 2.43. The van der Waals surface area contributed by atoms with Crippen molar-refractivity contribution < 1.29 is 23.9 Å². The lowest BCUT2D eigenvalue weighted by atomic mass is 9.66. The standard InChI is InChI=1S/C26H36O5/c1-9-15(6)12-21(27)30-20-13-19(14(4)5)23-18(11-3)24(28)25(22(23)17(20)8)31-26(29)16(7)10-2/h11-12,16,19-20,22-23,25H,4,8-10,13H2,1-3,5-7H3/b15-12+,18-11+. The zero-order chi connectivity index (χ0) is 23.5. The number of rotatable bonds is 7. The van der Waals surface area contributed by atoms with Gasteiger partial charge in [0.25, 0.3) is 0 Å². The Labute approximate surface area is 186 Å². The van der Waals surface area contributed by atoms with E-state index in [1.807, 2.05) is 34.6 Å². The summed E-state index contributed by atoms with van der Waals surface area (Å²) < 4.78 is 11.5. The maximum absolute atomic E-state index is 13.2. The molecule has 6 unspecified atom stereocenters. The molecule has 0 aromatic carbocycles. The Hall–Kier alpha value is -2.43. The molecule has 0 N–H and O–H groups in total. The zero-order valence-electron chi connectivity index (χ0n) is 19.7. The minimum Gasteiger partial charge on any atom is -0.455 e. The molecule has 0 amide bonds. The van der Waals surface area contributed by atoms with Crippen LogP contribution in [-0.2, 0) is 23.9 Å². The number of hydrogen-bond acceptors (Lipinski definition) is 5. The zero-order valence-corrected chi connectivity index (χ0v) is 19.7. The van der Waals surface area contributed by atoms with Gasteiger partial charge in [-0.25, -0.2) is 4.79 Å². The van der Waals surface area contributed by atoms with Gasteiger partial charge in [0.1, 0.15) is 6.10 Å². The quantitative estimate of drug-likeness (QED) is 0.320. The van der Waals surface area contributed by atoms with Crippen LogP contribution in [0.4, 0.5) is 0 Å². The highest BCUT2D eigenvalue weighted by molar-refractivity contribution is 6.04. The normalized spacial score (nSPS) is 30.7. The molecule has 2 rings (SSSR count). The fourth-order valence-corrected chi connectivity index (χ4v) is 4.49. The van der Waals surface area contributed by atoms with E-state index in [9.17, 15) is 14.4 Å². The summed E-state index contributed by atoms with van der Waals surface area (Å²) in [7, 11) is 0. The molecule has 0 aromatic rings. The summed E-state index contributed by atoms with van der Waals surface area (Å²) in [4.78, 5) is 38.2. The molecule has 0 bridgehead atoms. The molecule has 31 heavy (non-hydrogen) atoms. The van der Waals surface area contributed by atoms with Crippen molar-refractivity contribution in [3.63, 3.8) is 0 Å². The second-order valence-corrected chi connectivity index (χ2v) is 8.86. The molecule has 5 heteroatoms. The first-order chi connectivity index (χ1) is 14.6. The largest absolute Gasteiger partial charge is 0.455 e. The van der Waals surface area contributed by atoms with E-state index in [0.717, 1.165) is 17.6 Å². The summed E-state index contributed by atoms with van der Waals surface area (Å²) in [5.74, 6) is -1.99. The average Bonchev–Trinajstić information content (AvgIpc) is 3.00. The van der Waals surface area contributed by atoms with Crippen molar-refractivity contribution in [2.45, 2.75) is 73.0 Å². The number of carbonyl (C=O) groups is 3.